The van der Waals surface area contributed by atoms with Gasteiger partial charge in [-0.25, -0.2) is 0 Å². The van der Waals surface area contributed by atoms with Gasteiger partial charge < -0.3 is 19.7 Å². The van der Waals surface area contributed by atoms with Crippen molar-refractivity contribution in [1.82, 2.24) is 10.2 Å². The van der Waals surface area contributed by atoms with Gasteiger partial charge in [0.25, 0.3) is 5.91 Å². The second-order valence-electron chi connectivity index (χ2n) is 8.81. The molecule has 0 aliphatic heterocycles. The number of nitrogens with zero attached hydrogens (tertiary/aromatic N) is 1. The van der Waals surface area contributed by atoms with Crippen LogP contribution < -0.4 is 14.8 Å². The molecule has 0 aliphatic carbocycles. The number of nitrogens with one attached hydrogen (secondary N) is 1. The molecular formula is C32H32N2O4. The minimum atomic E-state index is -0.820. The molecule has 1 N–H and O–H groups in total. The van der Waals surface area contributed by atoms with E-state index < -0.39 is 6.04 Å². The van der Waals surface area contributed by atoms with Crippen molar-refractivity contribution in [3.63, 3.8) is 0 Å². The van der Waals surface area contributed by atoms with Crippen LogP contribution in [0.4, 0.5) is 0 Å². The van der Waals surface area contributed by atoms with Crippen molar-refractivity contribution in [1.29, 1.82) is 0 Å². The summed E-state index contributed by atoms with van der Waals surface area (Å²) in [7, 11) is 1.63. The Bertz CT molecular complexity index is 1280. The molecule has 6 nitrogen and oxygen atoms in total. The minimum absolute atomic E-state index is 0.181. The van der Waals surface area contributed by atoms with Gasteiger partial charge in [0, 0.05) is 13.1 Å². The van der Waals surface area contributed by atoms with Crippen molar-refractivity contribution < 1.29 is 19.1 Å². The minimum Gasteiger partial charge on any atom is -0.497 e. The molecule has 0 heterocycles. The third kappa shape index (κ3) is 7.46. The third-order valence-electron chi connectivity index (χ3n) is 6.17. The molecule has 0 bridgehead atoms. The van der Waals surface area contributed by atoms with E-state index in [-0.39, 0.29) is 25.0 Å². The second kappa shape index (κ2) is 13.7. The van der Waals surface area contributed by atoms with E-state index in [1.165, 1.54) is 0 Å². The molecule has 0 fully saturated rings. The Labute approximate surface area is 223 Å². The van der Waals surface area contributed by atoms with Gasteiger partial charge in [-0.1, -0.05) is 91.0 Å². The summed E-state index contributed by atoms with van der Waals surface area (Å²) in [5, 5.41) is 3.05. The number of hydrogen-bond acceptors (Lipinski definition) is 4. The fraction of sp³-hybridized carbons (Fsp3) is 0.188. The molecule has 0 unspecified atom stereocenters. The summed E-state index contributed by atoms with van der Waals surface area (Å²) >= 11 is 0. The molecule has 4 aromatic carbocycles. The normalized spacial score (nSPS) is 11.3. The fourth-order valence-electron chi connectivity index (χ4n) is 4.18. The summed E-state index contributed by atoms with van der Waals surface area (Å²) in [5.74, 6) is 0.862. The molecule has 0 saturated heterocycles. The van der Waals surface area contributed by atoms with Gasteiger partial charge in [-0.05, 0) is 47.4 Å². The van der Waals surface area contributed by atoms with Gasteiger partial charge in [0.15, 0.2) is 6.61 Å². The summed E-state index contributed by atoms with van der Waals surface area (Å²) in [6.45, 7) is 0.519. The molecule has 4 rings (SSSR count). The number of methoxy groups -OCH3 is 1. The summed E-state index contributed by atoms with van der Waals surface area (Å²) in [4.78, 5) is 28.9. The first kappa shape index (κ1) is 26.5. The van der Waals surface area contributed by atoms with E-state index in [2.05, 4.69) is 5.32 Å². The number of carbonyl (C=O) groups is 2. The largest absolute Gasteiger partial charge is 0.497 e. The van der Waals surface area contributed by atoms with Crippen molar-refractivity contribution in [2.45, 2.75) is 19.0 Å². The molecule has 1 atom stereocenters. The van der Waals surface area contributed by atoms with Gasteiger partial charge in [0.05, 0.1) is 7.11 Å². The highest BCUT2D eigenvalue weighted by Crippen LogP contribution is 2.24. The average Bonchev–Trinajstić information content (AvgIpc) is 2.97. The zero-order valence-electron chi connectivity index (χ0n) is 21.5. The highest BCUT2D eigenvalue weighted by Gasteiger charge is 2.31. The molecule has 0 saturated carbocycles. The molecule has 6 heteroatoms. The number of ether oxygens (including phenoxy) is 2. The number of para-hydroxylation sites is 1. The fourth-order valence-corrected chi connectivity index (χ4v) is 4.18. The topological polar surface area (TPSA) is 67.9 Å². The lowest BCUT2D eigenvalue weighted by atomic mass is 10.0. The van der Waals surface area contributed by atoms with Crippen LogP contribution in [0.15, 0.2) is 115 Å². The number of rotatable bonds is 12. The maximum atomic E-state index is 13.7. The Morgan fingerprint density at radius 3 is 1.97 bits per heavy atom. The van der Waals surface area contributed by atoms with Gasteiger partial charge in [-0.3, -0.25) is 9.59 Å². The Kier molecular flexibility index (Phi) is 9.51. The van der Waals surface area contributed by atoms with Crippen LogP contribution in [0, 0.1) is 0 Å². The van der Waals surface area contributed by atoms with E-state index in [0.29, 0.717) is 18.7 Å². The van der Waals surface area contributed by atoms with Crippen molar-refractivity contribution in [2.75, 3.05) is 20.3 Å². The SMILES string of the molecule is COc1ccc(CCNC(=O)[C@H](c2ccccc2)N(Cc2ccccc2)C(=O)COc2ccccc2)cc1. The average molecular weight is 509 g/mol. The Hall–Kier alpha value is -4.58. The first-order valence-corrected chi connectivity index (χ1v) is 12.6. The van der Waals surface area contributed by atoms with E-state index >= 15 is 0 Å². The molecule has 2 amide bonds. The summed E-state index contributed by atoms with van der Waals surface area (Å²) in [5.41, 5.74) is 2.74. The molecule has 194 valence electrons. The molecule has 0 radical (unpaired) electrons. The van der Waals surface area contributed by atoms with Gasteiger partial charge in [-0.15, -0.1) is 0 Å². The number of amides is 2. The molecule has 0 aliphatic rings. The van der Waals surface area contributed by atoms with Crippen molar-refractivity contribution in [3.8, 4) is 11.5 Å². The lowest BCUT2D eigenvalue weighted by Crippen LogP contribution is -2.45. The van der Waals surface area contributed by atoms with Gasteiger partial charge >= 0.3 is 0 Å². The lowest BCUT2D eigenvalue weighted by Gasteiger charge is -2.31. The summed E-state index contributed by atoms with van der Waals surface area (Å²) < 4.78 is 11.0. The van der Waals surface area contributed by atoms with Crippen LogP contribution in [0.2, 0.25) is 0 Å². The Morgan fingerprint density at radius 2 is 1.34 bits per heavy atom. The van der Waals surface area contributed by atoms with Crippen LogP contribution in [-0.4, -0.2) is 37.0 Å². The smallest absolute Gasteiger partial charge is 0.261 e. The number of hydrogen-bond donors (Lipinski definition) is 1. The maximum Gasteiger partial charge on any atom is 0.261 e. The third-order valence-corrected chi connectivity index (χ3v) is 6.17. The lowest BCUT2D eigenvalue weighted by molar-refractivity contribution is -0.143. The standard InChI is InChI=1S/C32H32N2O4/c1-37-28-19-17-25(18-20-28)21-22-33-32(36)31(27-13-7-3-8-14-27)34(23-26-11-5-2-6-12-26)30(35)24-38-29-15-9-4-10-16-29/h2-20,31H,21-24H2,1H3,(H,33,36)/t31-/m0/s1. The van der Waals surface area contributed by atoms with Crippen molar-refractivity contribution in [2.24, 2.45) is 0 Å². The number of benzene rings is 4. The van der Waals surface area contributed by atoms with Crippen LogP contribution in [0.25, 0.3) is 0 Å². The van der Waals surface area contributed by atoms with Crippen molar-refractivity contribution >= 4 is 11.8 Å². The zero-order valence-corrected chi connectivity index (χ0v) is 21.5. The molecular weight excluding hydrogens is 476 g/mol. The van der Waals surface area contributed by atoms with Gasteiger partial charge in [0.2, 0.25) is 5.91 Å². The van der Waals surface area contributed by atoms with E-state index in [0.717, 1.165) is 22.4 Å². The van der Waals surface area contributed by atoms with E-state index in [1.54, 1.807) is 24.1 Å². The molecule has 0 spiro atoms. The van der Waals surface area contributed by atoms with Crippen LogP contribution in [0.5, 0.6) is 11.5 Å². The van der Waals surface area contributed by atoms with Crippen molar-refractivity contribution in [3.05, 3.63) is 132 Å². The molecule has 38 heavy (non-hydrogen) atoms. The summed E-state index contributed by atoms with van der Waals surface area (Å²) in [6, 6.07) is 35.2. The first-order valence-electron chi connectivity index (χ1n) is 12.6. The zero-order chi connectivity index (χ0) is 26.6. The van der Waals surface area contributed by atoms with Gasteiger partial charge in [-0.2, -0.15) is 0 Å². The van der Waals surface area contributed by atoms with E-state index in [4.69, 9.17) is 9.47 Å². The highest BCUT2D eigenvalue weighted by molar-refractivity contribution is 5.89. The van der Waals surface area contributed by atoms with Crippen LogP contribution in [-0.2, 0) is 22.6 Å². The van der Waals surface area contributed by atoms with E-state index in [9.17, 15) is 9.59 Å². The molecule has 0 aromatic heterocycles. The van der Waals surface area contributed by atoms with Crippen LogP contribution in [0.3, 0.4) is 0 Å². The number of carbonyl (C=O) groups excluding carboxylic acids is 2. The van der Waals surface area contributed by atoms with Crippen LogP contribution >= 0.6 is 0 Å². The summed E-state index contributed by atoms with van der Waals surface area (Å²) in [6.07, 6.45) is 0.654. The first-order chi connectivity index (χ1) is 18.6. The maximum absolute atomic E-state index is 13.7. The van der Waals surface area contributed by atoms with E-state index in [1.807, 2.05) is 103 Å². The van der Waals surface area contributed by atoms with Gasteiger partial charge in [0.1, 0.15) is 17.5 Å². The monoisotopic (exact) mass is 508 g/mol. The second-order valence-corrected chi connectivity index (χ2v) is 8.81. The highest BCUT2D eigenvalue weighted by atomic mass is 16.5. The quantitative estimate of drug-likeness (QED) is 0.286. The Morgan fingerprint density at radius 1 is 0.737 bits per heavy atom. The van der Waals surface area contributed by atoms with Crippen LogP contribution in [0.1, 0.15) is 22.7 Å². The predicted molar refractivity (Wildman–Crippen MR) is 148 cm³/mol. The predicted octanol–water partition coefficient (Wildman–Crippen LogP) is 5.20. The Balaban J connectivity index is 1.54. The molecule has 4 aromatic rings.